The third kappa shape index (κ3) is 3.06. The minimum Gasteiger partial charge on any atom is -0.469 e. The van der Waals surface area contributed by atoms with E-state index in [0.717, 1.165) is 5.76 Å². The van der Waals surface area contributed by atoms with Crippen LogP contribution in [0.3, 0.4) is 0 Å². The van der Waals surface area contributed by atoms with E-state index in [-0.39, 0.29) is 17.9 Å². The van der Waals surface area contributed by atoms with E-state index in [1.165, 1.54) is 10.9 Å². The zero-order chi connectivity index (χ0) is 15.4. The number of nitrogens with zero attached hydrogens (tertiary/aromatic N) is 2. The number of furan rings is 1. The van der Waals surface area contributed by atoms with Gasteiger partial charge in [-0.3, -0.25) is 14.3 Å². The van der Waals surface area contributed by atoms with Gasteiger partial charge in [-0.05, 0) is 24.3 Å². The highest BCUT2D eigenvalue weighted by molar-refractivity contribution is 5.81. The van der Waals surface area contributed by atoms with Gasteiger partial charge in [0.05, 0.1) is 18.0 Å². The molecular formula is C16H15N3O3. The van der Waals surface area contributed by atoms with Gasteiger partial charge in [0.25, 0.3) is 0 Å². The molecule has 3 aromatic rings. The lowest BCUT2D eigenvalue weighted by molar-refractivity contribution is -0.121. The Labute approximate surface area is 126 Å². The molecule has 112 valence electrons. The summed E-state index contributed by atoms with van der Waals surface area (Å²) < 4.78 is 6.73. The van der Waals surface area contributed by atoms with Gasteiger partial charge in [-0.2, -0.15) is 5.10 Å². The van der Waals surface area contributed by atoms with Crippen molar-refractivity contribution < 1.29 is 9.21 Å². The van der Waals surface area contributed by atoms with Crippen LogP contribution in [0.15, 0.2) is 58.1 Å². The summed E-state index contributed by atoms with van der Waals surface area (Å²) in [6, 6.07) is 10.8. The van der Waals surface area contributed by atoms with Gasteiger partial charge < -0.3 is 9.73 Å². The second-order valence-corrected chi connectivity index (χ2v) is 4.86. The normalized spacial score (nSPS) is 10.7. The number of rotatable bonds is 5. The van der Waals surface area contributed by atoms with E-state index in [9.17, 15) is 9.59 Å². The van der Waals surface area contributed by atoms with E-state index >= 15 is 0 Å². The fourth-order valence-electron chi connectivity index (χ4n) is 2.26. The number of fused-ring (bicyclic) bond motifs is 1. The van der Waals surface area contributed by atoms with Crippen LogP contribution in [0.1, 0.15) is 5.76 Å². The molecule has 1 N–H and O–H groups in total. The van der Waals surface area contributed by atoms with Crippen LogP contribution in [0.4, 0.5) is 0 Å². The molecule has 1 amide bonds. The lowest BCUT2D eigenvalue weighted by atomic mass is 10.2. The van der Waals surface area contributed by atoms with Crippen molar-refractivity contribution in [1.82, 2.24) is 15.1 Å². The van der Waals surface area contributed by atoms with Crippen LogP contribution < -0.4 is 10.7 Å². The van der Waals surface area contributed by atoms with Crippen molar-refractivity contribution in [1.29, 1.82) is 0 Å². The summed E-state index contributed by atoms with van der Waals surface area (Å²) in [5.74, 6) is 0.667. The SMILES string of the molecule is O=C(Cn1ncc(=O)c2ccccc21)NCCc1ccco1. The van der Waals surface area contributed by atoms with Crippen molar-refractivity contribution in [3.05, 3.63) is 64.8 Å². The third-order valence-electron chi connectivity index (χ3n) is 3.33. The molecular weight excluding hydrogens is 282 g/mol. The van der Waals surface area contributed by atoms with Gasteiger partial charge in [-0.15, -0.1) is 0 Å². The number of nitrogens with one attached hydrogen (secondary N) is 1. The predicted octanol–water partition coefficient (Wildman–Crippen LogP) is 1.35. The Morgan fingerprint density at radius 2 is 2.09 bits per heavy atom. The zero-order valence-electron chi connectivity index (χ0n) is 11.9. The van der Waals surface area contributed by atoms with Gasteiger partial charge in [-0.25, -0.2) is 0 Å². The average molecular weight is 297 g/mol. The molecule has 2 aromatic heterocycles. The highest BCUT2D eigenvalue weighted by Gasteiger charge is 2.07. The van der Waals surface area contributed by atoms with Gasteiger partial charge >= 0.3 is 0 Å². The molecule has 0 saturated heterocycles. The predicted molar refractivity (Wildman–Crippen MR) is 81.4 cm³/mol. The van der Waals surface area contributed by atoms with E-state index < -0.39 is 0 Å². The maximum atomic E-state index is 12.0. The molecule has 0 aliphatic carbocycles. The summed E-state index contributed by atoms with van der Waals surface area (Å²) in [5.41, 5.74) is 0.501. The van der Waals surface area contributed by atoms with Crippen LogP contribution in [0.2, 0.25) is 0 Å². The van der Waals surface area contributed by atoms with Gasteiger partial charge in [-0.1, -0.05) is 12.1 Å². The minimum atomic E-state index is -0.159. The maximum absolute atomic E-state index is 12.0. The van der Waals surface area contributed by atoms with Crippen LogP contribution in [0, 0.1) is 0 Å². The lowest BCUT2D eigenvalue weighted by Gasteiger charge is -2.09. The Hall–Kier alpha value is -2.89. The van der Waals surface area contributed by atoms with Crippen LogP contribution in [-0.4, -0.2) is 22.2 Å². The quantitative estimate of drug-likeness (QED) is 0.771. The Morgan fingerprint density at radius 3 is 2.91 bits per heavy atom. The molecule has 0 aliphatic rings. The Morgan fingerprint density at radius 1 is 1.23 bits per heavy atom. The van der Waals surface area contributed by atoms with Crippen LogP contribution in [-0.2, 0) is 17.8 Å². The standard InChI is InChI=1S/C16H15N3O3/c20-15-10-18-19(14-6-2-1-5-13(14)15)11-16(21)17-8-7-12-4-3-9-22-12/h1-6,9-10H,7-8,11H2,(H,17,21). The molecule has 0 unspecified atom stereocenters. The molecule has 0 fully saturated rings. The van der Waals surface area contributed by atoms with E-state index in [1.807, 2.05) is 18.2 Å². The number of benzene rings is 1. The van der Waals surface area contributed by atoms with E-state index in [2.05, 4.69) is 10.4 Å². The fraction of sp³-hybridized carbons (Fsp3) is 0.188. The number of para-hydroxylation sites is 1. The fourth-order valence-corrected chi connectivity index (χ4v) is 2.26. The van der Waals surface area contributed by atoms with Gasteiger partial charge in [0.2, 0.25) is 11.3 Å². The molecule has 3 rings (SSSR count). The maximum Gasteiger partial charge on any atom is 0.241 e. The third-order valence-corrected chi connectivity index (χ3v) is 3.33. The molecule has 1 aromatic carbocycles. The first-order valence-corrected chi connectivity index (χ1v) is 6.98. The lowest BCUT2D eigenvalue weighted by Crippen LogP contribution is -2.30. The van der Waals surface area contributed by atoms with Crippen LogP contribution in [0.25, 0.3) is 10.9 Å². The topological polar surface area (TPSA) is 77.1 Å². The summed E-state index contributed by atoms with van der Waals surface area (Å²) >= 11 is 0. The summed E-state index contributed by atoms with van der Waals surface area (Å²) in [6.07, 6.45) is 3.48. The largest absolute Gasteiger partial charge is 0.469 e. The first-order valence-electron chi connectivity index (χ1n) is 6.98. The van der Waals surface area contributed by atoms with Gasteiger partial charge in [0.1, 0.15) is 12.3 Å². The summed E-state index contributed by atoms with van der Waals surface area (Å²) in [7, 11) is 0. The number of hydrogen-bond donors (Lipinski definition) is 1. The Bertz CT molecular complexity index is 837. The summed E-state index contributed by atoms with van der Waals surface area (Å²) in [5, 5.41) is 7.40. The van der Waals surface area contributed by atoms with Crippen molar-refractivity contribution in [2.24, 2.45) is 0 Å². The number of amides is 1. The molecule has 2 heterocycles. The monoisotopic (exact) mass is 297 g/mol. The molecule has 0 radical (unpaired) electrons. The Balaban J connectivity index is 1.66. The van der Waals surface area contributed by atoms with Crippen molar-refractivity contribution >= 4 is 16.8 Å². The van der Waals surface area contributed by atoms with Crippen molar-refractivity contribution in [3.63, 3.8) is 0 Å². The second kappa shape index (κ2) is 6.26. The summed E-state index contributed by atoms with van der Waals surface area (Å²) in [6.45, 7) is 0.559. The zero-order valence-corrected chi connectivity index (χ0v) is 11.9. The molecule has 6 nitrogen and oxygen atoms in total. The molecule has 0 atom stereocenters. The number of carbonyl (C=O) groups excluding carboxylic acids is 1. The highest BCUT2D eigenvalue weighted by atomic mass is 16.3. The van der Waals surface area contributed by atoms with Crippen LogP contribution in [0.5, 0.6) is 0 Å². The first kappa shape index (κ1) is 14.1. The van der Waals surface area contributed by atoms with Crippen molar-refractivity contribution in [3.8, 4) is 0 Å². The molecule has 0 bridgehead atoms. The Kier molecular flexibility index (Phi) is 4.00. The van der Waals surface area contributed by atoms with Crippen molar-refractivity contribution in [2.75, 3.05) is 6.54 Å². The molecule has 0 aliphatic heterocycles. The smallest absolute Gasteiger partial charge is 0.241 e. The average Bonchev–Trinajstić information content (AvgIpc) is 3.04. The first-order chi connectivity index (χ1) is 10.7. The van der Waals surface area contributed by atoms with Gasteiger partial charge in [0, 0.05) is 18.4 Å². The summed E-state index contributed by atoms with van der Waals surface area (Å²) in [4.78, 5) is 23.7. The molecule has 6 heteroatoms. The second-order valence-electron chi connectivity index (χ2n) is 4.86. The highest BCUT2D eigenvalue weighted by Crippen LogP contribution is 2.07. The van der Waals surface area contributed by atoms with E-state index in [4.69, 9.17) is 4.42 Å². The van der Waals surface area contributed by atoms with Gasteiger partial charge in [0.15, 0.2) is 0 Å². The number of aromatic nitrogens is 2. The molecule has 0 spiro atoms. The molecule has 0 saturated carbocycles. The van der Waals surface area contributed by atoms with E-state index in [0.29, 0.717) is 23.9 Å². The minimum absolute atomic E-state index is 0.0684. The number of carbonyl (C=O) groups is 1. The number of hydrogen-bond acceptors (Lipinski definition) is 4. The van der Waals surface area contributed by atoms with E-state index in [1.54, 1.807) is 24.5 Å². The van der Waals surface area contributed by atoms with Crippen molar-refractivity contribution in [2.45, 2.75) is 13.0 Å². The van der Waals surface area contributed by atoms with Crippen LogP contribution >= 0.6 is 0 Å². The molecule has 22 heavy (non-hydrogen) atoms.